The Labute approximate surface area is 194 Å². The van der Waals surface area contributed by atoms with Crippen molar-refractivity contribution >= 4 is 23.2 Å². The third-order valence-corrected chi connectivity index (χ3v) is 5.28. The molecule has 4 rings (SSSR count). The molecule has 1 aliphatic rings. The van der Waals surface area contributed by atoms with E-state index in [4.69, 9.17) is 9.47 Å². The standard InChI is InChI=1S/C22H22N6O6/c1-4-34-17-10-13(9-15(20(17)29)28(31)32)19-18(12(2)25-22-23-11-24-27(19)22)21(30)26-14-7-5-6-8-16(14)33-3/h5-11,19,29H,4H2,1-3H3,(H,26,30)(H,23,24,25). The number of nitro benzene ring substituents is 1. The van der Waals surface area contributed by atoms with Crippen LogP contribution in [0, 0.1) is 10.1 Å². The van der Waals surface area contributed by atoms with Crippen molar-refractivity contribution in [1.82, 2.24) is 14.8 Å². The Kier molecular flexibility index (Phi) is 6.04. The first-order chi connectivity index (χ1) is 16.3. The molecule has 1 aromatic heterocycles. The SMILES string of the molecule is CCOc1cc(C2C(C(=O)Nc3ccccc3OC)=C(C)Nc3ncnn32)cc([N+](=O)[O-])c1O. The molecule has 12 nitrogen and oxygen atoms in total. The fourth-order valence-electron chi connectivity index (χ4n) is 3.81. The number of allylic oxidation sites excluding steroid dienone is 1. The Balaban J connectivity index is 1.86. The number of benzene rings is 2. The Hall–Kier alpha value is -4.61. The maximum atomic E-state index is 13.5. The first-order valence-corrected chi connectivity index (χ1v) is 10.3. The van der Waals surface area contributed by atoms with Gasteiger partial charge < -0.3 is 25.2 Å². The van der Waals surface area contributed by atoms with E-state index in [1.807, 2.05) is 0 Å². The number of fused-ring (bicyclic) bond motifs is 1. The van der Waals surface area contributed by atoms with Gasteiger partial charge in [-0.2, -0.15) is 10.1 Å². The number of aromatic nitrogens is 3. The van der Waals surface area contributed by atoms with Gasteiger partial charge in [-0.3, -0.25) is 14.9 Å². The number of phenolic OH excluding ortho intramolecular Hbond substituents is 1. The van der Waals surface area contributed by atoms with Crippen LogP contribution in [0.25, 0.3) is 0 Å². The normalized spacial score (nSPS) is 14.7. The number of hydrogen-bond donors (Lipinski definition) is 3. The minimum Gasteiger partial charge on any atom is -0.500 e. The minimum atomic E-state index is -0.896. The predicted molar refractivity (Wildman–Crippen MR) is 122 cm³/mol. The van der Waals surface area contributed by atoms with E-state index >= 15 is 0 Å². The van der Waals surface area contributed by atoms with Crippen molar-refractivity contribution in [3.63, 3.8) is 0 Å². The molecule has 3 aromatic rings. The number of para-hydroxylation sites is 2. The third-order valence-electron chi connectivity index (χ3n) is 5.28. The Morgan fingerprint density at radius 1 is 1.32 bits per heavy atom. The van der Waals surface area contributed by atoms with Gasteiger partial charge in [-0.15, -0.1) is 0 Å². The van der Waals surface area contributed by atoms with Gasteiger partial charge in [-0.25, -0.2) is 4.68 Å². The number of ether oxygens (including phenoxy) is 2. The first kappa shape index (κ1) is 22.6. The summed E-state index contributed by atoms with van der Waals surface area (Å²) >= 11 is 0. The highest BCUT2D eigenvalue weighted by Gasteiger charge is 2.36. The third kappa shape index (κ3) is 3.96. The van der Waals surface area contributed by atoms with Crippen LogP contribution in [-0.2, 0) is 4.79 Å². The number of anilines is 2. The smallest absolute Gasteiger partial charge is 0.315 e. The molecule has 0 aliphatic carbocycles. The molecule has 0 saturated carbocycles. The first-order valence-electron chi connectivity index (χ1n) is 10.3. The number of nitrogens with zero attached hydrogens (tertiary/aromatic N) is 4. The van der Waals surface area contributed by atoms with E-state index in [0.29, 0.717) is 28.6 Å². The summed E-state index contributed by atoms with van der Waals surface area (Å²) in [7, 11) is 1.49. The number of hydrogen-bond acceptors (Lipinski definition) is 9. The molecule has 0 radical (unpaired) electrons. The summed E-state index contributed by atoms with van der Waals surface area (Å²) in [4.78, 5) is 28.6. The number of aromatic hydroxyl groups is 1. The quantitative estimate of drug-likeness (QED) is 0.352. The zero-order valence-corrected chi connectivity index (χ0v) is 18.6. The molecule has 1 atom stereocenters. The Morgan fingerprint density at radius 3 is 2.79 bits per heavy atom. The van der Waals surface area contributed by atoms with Crippen molar-refractivity contribution in [1.29, 1.82) is 0 Å². The lowest BCUT2D eigenvalue weighted by molar-refractivity contribution is -0.386. The summed E-state index contributed by atoms with van der Waals surface area (Å²) in [5.74, 6) is -0.327. The largest absolute Gasteiger partial charge is 0.500 e. The van der Waals surface area contributed by atoms with Crippen LogP contribution in [0.2, 0.25) is 0 Å². The van der Waals surface area contributed by atoms with Crippen molar-refractivity contribution in [2.24, 2.45) is 0 Å². The maximum absolute atomic E-state index is 13.5. The lowest BCUT2D eigenvalue weighted by atomic mass is 9.94. The predicted octanol–water partition coefficient (Wildman–Crippen LogP) is 3.23. The summed E-state index contributed by atoms with van der Waals surface area (Å²) in [6.45, 7) is 3.56. The number of nitro groups is 1. The summed E-state index contributed by atoms with van der Waals surface area (Å²) in [6, 6.07) is 8.68. The molecule has 0 bridgehead atoms. The van der Waals surface area contributed by atoms with Crippen molar-refractivity contribution in [2.45, 2.75) is 19.9 Å². The van der Waals surface area contributed by atoms with Gasteiger partial charge in [0.05, 0.1) is 29.9 Å². The van der Waals surface area contributed by atoms with Crippen LogP contribution in [0.15, 0.2) is 54.0 Å². The van der Waals surface area contributed by atoms with E-state index in [-0.39, 0.29) is 17.9 Å². The van der Waals surface area contributed by atoms with E-state index in [1.165, 1.54) is 30.3 Å². The van der Waals surface area contributed by atoms with Gasteiger partial charge in [0.15, 0.2) is 5.75 Å². The second-order valence-corrected chi connectivity index (χ2v) is 7.33. The molecule has 0 saturated heterocycles. The molecule has 12 heteroatoms. The van der Waals surface area contributed by atoms with Gasteiger partial charge in [-0.1, -0.05) is 12.1 Å². The molecule has 0 spiro atoms. The molecule has 1 unspecified atom stereocenters. The molecular formula is C22H22N6O6. The van der Waals surface area contributed by atoms with Gasteiger partial charge in [-0.05, 0) is 37.6 Å². The highest BCUT2D eigenvalue weighted by Crippen LogP contribution is 2.43. The number of amides is 1. The lowest BCUT2D eigenvalue weighted by Gasteiger charge is -2.29. The highest BCUT2D eigenvalue weighted by atomic mass is 16.6. The van der Waals surface area contributed by atoms with Crippen LogP contribution in [-0.4, -0.2) is 44.4 Å². The number of carbonyl (C=O) groups is 1. The second-order valence-electron chi connectivity index (χ2n) is 7.33. The van der Waals surface area contributed by atoms with Crippen LogP contribution in [0.5, 0.6) is 17.2 Å². The van der Waals surface area contributed by atoms with Crippen molar-refractivity contribution in [3.8, 4) is 17.2 Å². The fourth-order valence-corrected chi connectivity index (χ4v) is 3.81. The maximum Gasteiger partial charge on any atom is 0.315 e. The summed E-state index contributed by atoms with van der Waals surface area (Å²) < 4.78 is 12.2. The van der Waals surface area contributed by atoms with E-state index < -0.39 is 28.3 Å². The molecule has 0 fully saturated rings. The van der Waals surface area contributed by atoms with E-state index in [0.717, 1.165) is 0 Å². The van der Waals surface area contributed by atoms with E-state index in [1.54, 1.807) is 38.1 Å². The highest BCUT2D eigenvalue weighted by molar-refractivity contribution is 6.06. The topological polar surface area (TPSA) is 154 Å². The number of methoxy groups -OCH3 is 1. The van der Waals surface area contributed by atoms with Gasteiger partial charge in [0.2, 0.25) is 11.7 Å². The fraction of sp³-hybridized carbons (Fsp3) is 0.227. The molecule has 34 heavy (non-hydrogen) atoms. The molecule has 3 N–H and O–H groups in total. The zero-order chi connectivity index (χ0) is 24.4. The molecule has 1 aliphatic heterocycles. The van der Waals surface area contributed by atoms with Gasteiger partial charge in [0.25, 0.3) is 5.91 Å². The Morgan fingerprint density at radius 2 is 2.09 bits per heavy atom. The van der Waals surface area contributed by atoms with Crippen LogP contribution in [0.4, 0.5) is 17.3 Å². The van der Waals surface area contributed by atoms with Gasteiger partial charge in [0.1, 0.15) is 18.1 Å². The summed E-state index contributed by atoms with van der Waals surface area (Å²) in [5.41, 5.74) is 0.928. The monoisotopic (exact) mass is 466 g/mol. The average molecular weight is 466 g/mol. The van der Waals surface area contributed by atoms with Crippen molar-refractivity contribution < 1.29 is 24.3 Å². The number of carbonyl (C=O) groups excluding carboxylic acids is 1. The minimum absolute atomic E-state index is 0.0750. The average Bonchev–Trinajstić information content (AvgIpc) is 3.27. The number of rotatable bonds is 7. The molecule has 176 valence electrons. The van der Waals surface area contributed by atoms with Gasteiger partial charge in [0, 0.05) is 11.8 Å². The number of phenols is 1. The van der Waals surface area contributed by atoms with E-state index in [9.17, 15) is 20.0 Å². The van der Waals surface area contributed by atoms with Crippen molar-refractivity contribution in [3.05, 3.63) is 69.7 Å². The Bertz CT molecular complexity index is 1300. The van der Waals surface area contributed by atoms with Crippen LogP contribution < -0.4 is 20.1 Å². The van der Waals surface area contributed by atoms with Crippen LogP contribution in [0.1, 0.15) is 25.5 Å². The lowest BCUT2D eigenvalue weighted by Crippen LogP contribution is -2.31. The summed E-state index contributed by atoms with van der Waals surface area (Å²) in [5, 5.41) is 32.1. The summed E-state index contributed by atoms with van der Waals surface area (Å²) in [6.07, 6.45) is 1.31. The molecule has 2 heterocycles. The number of nitrogens with one attached hydrogen (secondary N) is 2. The van der Waals surface area contributed by atoms with Gasteiger partial charge >= 0.3 is 5.69 Å². The van der Waals surface area contributed by atoms with Crippen LogP contribution >= 0.6 is 0 Å². The molecule has 2 aromatic carbocycles. The zero-order valence-electron chi connectivity index (χ0n) is 18.6. The second kappa shape index (κ2) is 9.10. The van der Waals surface area contributed by atoms with Crippen molar-refractivity contribution in [2.75, 3.05) is 24.4 Å². The molecular weight excluding hydrogens is 444 g/mol. The van der Waals surface area contributed by atoms with Crippen LogP contribution in [0.3, 0.4) is 0 Å². The van der Waals surface area contributed by atoms with E-state index in [2.05, 4.69) is 20.7 Å². The molecule has 1 amide bonds.